The van der Waals surface area contributed by atoms with Crippen molar-refractivity contribution in [1.29, 1.82) is 0 Å². The minimum absolute atomic E-state index is 0.107. The molecule has 0 unspecified atom stereocenters. The number of carbonyl (C=O) groups excluding carboxylic acids is 2. The lowest BCUT2D eigenvalue weighted by molar-refractivity contribution is -0.123. The van der Waals surface area contributed by atoms with Crippen molar-refractivity contribution in [1.82, 2.24) is 10.6 Å². The topological polar surface area (TPSA) is 58.2 Å². The molecule has 26 heavy (non-hydrogen) atoms. The fourth-order valence-electron chi connectivity index (χ4n) is 2.74. The molecule has 150 valence electrons. The van der Waals surface area contributed by atoms with Gasteiger partial charge in [0.1, 0.15) is 0 Å². The number of hydrogen-bond acceptors (Lipinski definition) is 2. The fraction of sp³-hybridized carbons (Fsp3) is 0.727. The van der Waals surface area contributed by atoms with E-state index >= 15 is 0 Å². The van der Waals surface area contributed by atoms with Crippen LogP contribution < -0.4 is 10.6 Å². The fourth-order valence-corrected chi connectivity index (χ4v) is 2.74. The van der Waals surface area contributed by atoms with Crippen molar-refractivity contribution in [3.05, 3.63) is 25.3 Å². The van der Waals surface area contributed by atoms with Gasteiger partial charge in [0.15, 0.2) is 0 Å². The quantitative estimate of drug-likeness (QED) is 0.249. The van der Waals surface area contributed by atoms with E-state index in [1.807, 2.05) is 12.2 Å². The summed E-state index contributed by atoms with van der Waals surface area (Å²) < 4.78 is 0. The average molecular weight is 365 g/mol. The molecule has 0 aliphatic carbocycles. The Morgan fingerprint density at radius 3 is 1.35 bits per heavy atom. The van der Waals surface area contributed by atoms with Gasteiger partial charge in [0.05, 0.1) is 0 Å². The molecule has 0 aromatic rings. The predicted molar refractivity (Wildman–Crippen MR) is 111 cm³/mol. The maximum absolute atomic E-state index is 11.7. The zero-order valence-electron chi connectivity index (χ0n) is 16.7. The number of allylic oxidation sites excluding steroid dienone is 2. The molecule has 0 atom stereocenters. The molecular weight excluding hydrogens is 324 g/mol. The van der Waals surface area contributed by atoms with Crippen molar-refractivity contribution in [2.45, 2.75) is 89.9 Å². The van der Waals surface area contributed by atoms with Crippen molar-refractivity contribution >= 4 is 11.8 Å². The van der Waals surface area contributed by atoms with Crippen molar-refractivity contribution in [2.24, 2.45) is 0 Å². The van der Waals surface area contributed by atoms with Crippen LogP contribution in [0.5, 0.6) is 0 Å². The predicted octanol–water partition coefficient (Wildman–Crippen LogP) is 5.05. The van der Waals surface area contributed by atoms with E-state index in [2.05, 4.69) is 23.8 Å². The zero-order chi connectivity index (χ0) is 19.3. The van der Waals surface area contributed by atoms with E-state index in [1.165, 1.54) is 25.7 Å². The average Bonchev–Trinajstić information content (AvgIpc) is 2.64. The van der Waals surface area contributed by atoms with Crippen LogP contribution in [0.3, 0.4) is 0 Å². The third-order valence-electron chi connectivity index (χ3n) is 4.37. The lowest BCUT2D eigenvalue weighted by Gasteiger charge is -2.06. The molecule has 0 saturated heterocycles. The molecule has 0 bridgehead atoms. The van der Waals surface area contributed by atoms with Gasteiger partial charge in [-0.25, -0.2) is 0 Å². The molecule has 0 saturated carbocycles. The van der Waals surface area contributed by atoms with Crippen molar-refractivity contribution in [2.75, 3.05) is 13.1 Å². The summed E-state index contributed by atoms with van der Waals surface area (Å²) in [5.41, 5.74) is 0. The third-order valence-corrected chi connectivity index (χ3v) is 4.37. The van der Waals surface area contributed by atoms with Crippen LogP contribution in [-0.2, 0) is 9.59 Å². The summed E-state index contributed by atoms with van der Waals surface area (Å²) in [6, 6.07) is 0. The van der Waals surface area contributed by atoms with Crippen LogP contribution in [0.2, 0.25) is 0 Å². The van der Waals surface area contributed by atoms with Gasteiger partial charge in [-0.1, -0.05) is 37.8 Å². The van der Waals surface area contributed by atoms with E-state index in [4.69, 9.17) is 0 Å². The highest BCUT2D eigenvalue weighted by Crippen LogP contribution is 2.04. The Bertz CT molecular complexity index is 344. The minimum atomic E-state index is 0.107. The Hall–Kier alpha value is -1.58. The number of unbranched alkanes of at least 4 members (excludes halogenated alkanes) is 9. The molecule has 0 aromatic heterocycles. The first-order chi connectivity index (χ1) is 12.7. The highest BCUT2D eigenvalue weighted by Gasteiger charge is 2.03. The van der Waals surface area contributed by atoms with Gasteiger partial charge in [-0.05, 0) is 51.4 Å². The molecule has 4 heteroatoms. The molecular formula is C22H40N2O2. The van der Waals surface area contributed by atoms with Crippen LogP contribution in [0.25, 0.3) is 0 Å². The van der Waals surface area contributed by atoms with Gasteiger partial charge < -0.3 is 10.6 Å². The zero-order valence-corrected chi connectivity index (χ0v) is 16.7. The molecule has 4 nitrogen and oxygen atoms in total. The van der Waals surface area contributed by atoms with Gasteiger partial charge >= 0.3 is 0 Å². The summed E-state index contributed by atoms with van der Waals surface area (Å²) >= 11 is 0. The van der Waals surface area contributed by atoms with E-state index in [1.54, 1.807) is 0 Å². The van der Waals surface area contributed by atoms with Gasteiger partial charge in [-0.15, -0.1) is 13.2 Å². The highest BCUT2D eigenvalue weighted by molar-refractivity contribution is 5.77. The monoisotopic (exact) mass is 364 g/mol. The molecule has 0 aliphatic rings. The number of nitrogens with one attached hydrogen (secondary N) is 2. The Morgan fingerprint density at radius 1 is 0.577 bits per heavy atom. The number of amides is 2. The van der Waals surface area contributed by atoms with Crippen LogP contribution in [0.1, 0.15) is 89.9 Å². The Morgan fingerprint density at radius 2 is 0.962 bits per heavy atom. The number of rotatable bonds is 19. The van der Waals surface area contributed by atoms with Crippen LogP contribution >= 0.6 is 0 Å². The summed E-state index contributed by atoms with van der Waals surface area (Å²) in [4.78, 5) is 23.4. The first-order valence-corrected chi connectivity index (χ1v) is 10.5. The molecule has 0 aromatic carbocycles. The molecule has 0 radical (unpaired) electrons. The second-order valence-corrected chi connectivity index (χ2v) is 6.89. The minimum Gasteiger partial charge on any atom is -0.356 e. The van der Waals surface area contributed by atoms with Crippen molar-refractivity contribution < 1.29 is 9.59 Å². The van der Waals surface area contributed by atoms with E-state index < -0.39 is 0 Å². The summed E-state index contributed by atoms with van der Waals surface area (Å²) in [6.07, 6.45) is 17.8. The Kier molecular flexibility index (Phi) is 18.5. The molecule has 0 fully saturated rings. The molecule has 0 spiro atoms. The van der Waals surface area contributed by atoms with E-state index in [-0.39, 0.29) is 11.8 Å². The second kappa shape index (κ2) is 19.7. The lowest BCUT2D eigenvalue weighted by atomic mass is 10.1. The Balaban J connectivity index is 3.33. The van der Waals surface area contributed by atoms with Crippen LogP contribution in [-0.4, -0.2) is 24.9 Å². The number of carbonyl (C=O) groups is 2. The van der Waals surface area contributed by atoms with E-state index in [0.29, 0.717) is 12.8 Å². The molecule has 2 amide bonds. The summed E-state index contributed by atoms with van der Waals surface area (Å²) in [5.74, 6) is 0.215. The van der Waals surface area contributed by atoms with Crippen LogP contribution in [0.15, 0.2) is 25.3 Å². The number of hydrogen-bond donors (Lipinski definition) is 2. The van der Waals surface area contributed by atoms with Gasteiger partial charge in [0.25, 0.3) is 0 Å². The van der Waals surface area contributed by atoms with E-state index in [9.17, 15) is 9.59 Å². The highest BCUT2D eigenvalue weighted by atomic mass is 16.2. The SMILES string of the molecule is C=CCCCCCCNC(=O)CCCCC(=O)NCCCCCCC=C. The first-order valence-electron chi connectivity index (χ1n) is 10.5. The smallest absolute Gasteiger partial charge is 0.219 e. The Labute approximate surface area is 160 Å². The van der Waals surface area contributed by atoms with Gasteiger partial charge in [-0.3, -0.25) is 9.59 Å². The largest absolute Gasteiger partial charge is 0.356 e. The molecule has 0 heterocycles. The standard InChI is InChI=1S/C22H40N2O2/c1-3-5-7-9-11-15-19-23-21(25)17-13-14-18-22(26)24-20-16-12-10-8-6-4-2/h3-4H,1-2,5-20H2,(H,23,25)(H,24,26). The third kappa shape index (κ3) is 18.8. The summed E-state index contributed by atoms with van der Waals surface area (Å²) in [5, 5.41) is 5.92. The maximum atomic E-state index is 11.7. The second-order valence-electron chi connectivity index (χ2n) is 6.89. The van der Waals surface area contributed by atoms with Crippen LogP contribution in [0.4, 0.5) is 0 Å². The van der Waals surface area contributed by atoms with Crippen LogP contribution in [0, 0.1) is 0 Å². The maximum Gasteiger partial charge on any atom is 0.219 e. The van der Waals surface area contributed by atoms with Gasteiger partial charge in [0, 0.05) is 25.9 Å². The molecule has 0 rings (SSSR count). The molecule has 0 aliphatic heterocycles. The summed E-state index contributed by atoms with van der Waals surface area (Å²) in [6.45, 7) is 8.95. The summed E-state index contributed by atoms with van der Waals surface area (Å²) in [7, 11) is 0. The van der Waals surface area contributed by atoms with Gasteiger partial charge in [0.2, 0.25) is 11.8 Å². The van der Waals surface area contributed by atoms with Crippen molar-refractivity contribution in [3.8, 4) is 0 Å². The normalized spacial score (nSPS) is 10.3. The molecule has 2 N–H and O–H groups in total. The van der Waals surface area contributed by atoms with Gasteiger partial charge in [-0.2, -0.15) is 0 Å². The van der Waals surface area contributed by atoms with E-state index in [0.717, 1.165) is 64.5 Å². The van der Waals surface area contributed by atoms with Crippen molar-refractivity contribution in [3.63, 3.8) is 0 Å². The first kappa shape index (κ1) is 24.4. The lowest BCUT2D eigenvalue weighted by Crippen LogP contribution is -2.25.